The van der Waals surface area contributed by atoms with E-state index in [0.717, 1.165) is 48.6 Å². The second kappa shape index (κ2) is 12.5. The quantitative estimate of drug-likeness (QED) is 0.181. The van der Waals surface area contributed by atoms with Crippen molar-refractivity contribution in [2.24, 2.45) is 0 Å². The second-order valence-electron chi connectivity index (χ2n) is 11.2. The molecule has 43 heavy (non-hydrogen) atoms. The maximum absolute atomic E-state index is 12.1. The Morgan fingerprint density at radius 1 is 0.837 bits per heavy atom. The molecule has 0 spiro atoms. The number of carboxylic acids is 1. The van der Waals surface area contributed by atoms with Crippen LogP contribution in [0.25, 0.3) is 16.5 Å². The van der Waals surface area contributed by atoms with Crippen LogP contribution in [0.5, 0.6) is 0 Å². The van der Waals surface area contributed by atoms with Crippen LogP contribution in [0.15, 0.2) is 109 Å². The Labute approximate surface area is 252 Å². The number of aryl methyl sites for hydroxylation is 1. The standard InChI is InChI=1S/C38H35NO4/c1-43-38(42)31-15-12-27(13-16-31)25-39-34(23-14-26-8-4-2-5-9-26)36(33-22-21-32(37(40)41)24-35(33)39)30-19-17-29(18-20-30)28-10-6-3-7-11-28/h2-13,15-16,19,21-22,24,29H,14,17-18,20,23,25H2,1H3,(H,40,41). The van der Waals surface area contributed by atoms with E-state index in [1.165, 1.54) is 35.1 Å². The van der Waals surface area contributed by atoms with Gasteiger partial charge in [0.2, 0.25) is 0 Å². The Morgan fingerprint density at radius 3 is 2.19 bits per heavy atom. The maximum atomic E-state index is 12.1. The largest absolute Gasteiger partial charge is 0.478 e. The molecular formula is C38H35NO4. The Balaban J connectivity index is 1.46. The number of carboxylic acid groups (broad SMARTS) is 1. The molecule has 5 nitrogen and oxygen atoms in total. The highest BCUT2D eigenvalue weighted by molar-refractivity contribution is 5.99. The highest BCUT2D eigenvalue weighted by Gasteiger charge is 2.25. The number of methoxy groups -OCH3 is 1. The van der Waals surface area contributed by atoms with Crippen LogP contribution in [0, 0.1) is 0 Å². The van der Waals surface area contributed by atoms with Gasteiger partial charge in [-0.3, -0.25) is 0 Å². The van der Waals surface area contributed by atoms with Gasteiger partial charge in [0, 0.05) is 23.2 Å². The van der Waals surface area contributed by atoms with Gasteiger partial charge in [0.1, 0.15) is 0 Å². The van der Waals surface area contributed by atoms with Crippen molar-refractivity contribution >= 4 is 28.4 Å². The van der Waals surface area contributed by atoms with Gasteiger partial charge in [0.25, 0.3) is 0 Å². The summed E-state index contributed by atoms with van der Waals surface area (Å²) in [5.41, 5.74) is 9.15. The molecule has 4 aromatic carbocycles. The Kier molecular flexibility index (Phi) is 8.23. The minimum absolute atomic E-state index is 0.273. The summed E-state index contributed by atoms with van der Waals surface area (Å²) in [5, 5.41) is 11.0. The van der Waals surface area contributed by atoms with Gasteiger partial charge in [0.05, 0.1) is 23.8 Å². The first kappa shape index (κ1) is 28.2. The molecule has 1 aliphatic rings. The van der Waals surface area contributed by atoms with Crippen molar-refractivity contribution in [1.82, 2.24) is 4.57 Å². The summed E-state index contributed by atoms with van der Waals surface area (Å²) in [5.74, 6) is -0.807. The van der Waals surface area contributed by atoms with E-state index in [1.54, 1.807) is 18.2 Å². The Morgan fingerprint density at radius 2 is 1.53 bits per heavy atom. The highest BCUT2D eigenvalue weighted by atomic mass is 16.5. The molecule has 0 aliphatic heterocycles. The highest BCUT2D eigenvalue weighted by Crippen LogP contribution is 2.41. The van der Waals surface area contributed by atoms with Crippen LogP contribution < -0.4 is 0 Å². The molecule has 5 heteroatoms. The van der Waals surface area contributed by atoms with E-state index in [4.69, 9.17) is 4.74 Å². The average molecular weight is 570 g/mol. The van der Waals surface area contributed by atoms with Gasteiger partial charge >= 0.3 is 11.9 Å². The summed E-state index contributed by atoms with van der Waals surface area (Å²) in [6.07, 6.45) is 7.11. The number of carbonyl (C=O) groups excluding carboxylic acids is 1. The SMILES string of the molecule is COC(=O)c1ccc(Cn2c(CCc3ccccc3)c(C3=CCC(c4ccccc4)CC3)c3ccc(C(=O)O)cc32)cc1. The number of rotatable bonds is 9. The summed E-state index contributed by atoms with van der Waals surface area (Å²) >= 11 is 0. The predicted molar refractivity (Wildman–Crippen MR) is 171 cm³/mol. The molecule has 6 rings (SSSR count). The van der Waals surface area contributed by atoms with E-state index < -0.39 is 5.97 Å². The first-order chi connectivity index (χ1) is 21.0. The molecule has 0 saturated carbocycles. The van der Waals surface area contributed by atoms with Gasteiger partial charge in [-0.05, 0) is 84.6 Å². The van der Waals surface area contributed by atoms with Gasteiger partial charge < -0.3 is 14.4 Å². The lowest BCUT2D eigenvalue weighted by Crippen LogP contribution is -2.09. The first-order valence-electron chi connectivity index (χ1n) is 14.9. The molecule has 1 atom stereocenters. The Bertz CT molecular complexity index is 1780. The van der Waals surface area contributed by atoms with Crippen molar-refractivity contribution in [1.29, 1.82) is 0 Å². The molecule has 1 unspecified atom stereocenters. The molecule has 0 bridgehead atoms. The molecule has 1 heterocycles. The number of aromatic nitrogens is 1. The van der Waals surface area contributed by atoms with Gasteiger partial charge in [-0.1, -0.05) is 84.9 Å². The fourth-order valence-electron chi connectivity index (χ4n) is 6.38. The lowest BCUT2D eigenvalue weighted by Gasteiger charge is -2.23. The van der Waals surface area contributed by atoms with E-state index >= 15 is 0 Å². The summed E-state index contributed by atoms with van der Waals surface area (Å²) < 4.78 is 7.17. The monoisotopic (exact) mass is 569 g/mol. The van der Waals surface area contributed by atoms with E-state index in [2.05, 4.69) is 65.2 Å². The zero-order valence-electron chi connectivity index (χ0n) is 24.3. The lowest BCUT2D eigenvalue weighted by molar-refractivity contribution is 0.0599. The Hall–Kier alpha value is -4.90. The third kappa shape index (κ3) is 6.02. The fraction of sp³-hybridized carbons (Fsp3) is 0.211. The normalized spacial score (nSPS) is 14.8. The number of ether oxygens (including phenoxy) is 1. The number of carbonyl (C=O) groups is 2. The number of allylic oxidation sites excluding steroid dienone is 2. The number of aromatic carboxylic acids is 1. The second-order valence-corrected chi connectivity index (χ2v) is 11.2. The third-order valence-corrected chi connectivity index (χ3v) is 8.63. The summed E-state index contributed by atoms with van der Waals surface area (Å²) in [7, 11) is 1.38. The molecule has 0 amide bonds. The molecular weight excluding hydrogens is 534 g/mol. The maximum Gasteiger partial charge on any atom is 0.337 e. The first-order valence-corrected chi connectivity index (χ1v) is 14.9. The zero-order chi connectivity index (χ0) is 29.8. The number of nitrogens with zero attached hydrogens (tertiary/aromatic N) is 1. The molecule has 0 radical (unpaired) electrons. The zero-order valence-corrected chi connectivity index (χ0v) is 24.3. The molecule has 0 fully saturated rings. The van der Waals surface area contributed by atoms with Crippen molar-refractivity contribution in [2.75, 3.05) is 7.11 Å². The van der Waals surface area contributed by atoms with Crippen molar-refractivity contribution in [3.05, 3.63) is 148 Å². The fourth-order valence-corrected chi connectivity index (χ4v) is 6.38. The summed E-state index contributed by atoms with van der Waals surface area (Å²) in [6.45, 7) is 0.561. The van der Waals surface area contributed by atoms with Crippen LogP contribution in [-0.2, 0) is 24.1 Å². The average Bonchev–Trinajstić information content (AvgIpc) is 3.36. The smallest absolute Gasteiger partial charge is 0.337 e. The van der Waals surface area contributed by atoms with Gasteiger partial charge in [-0.15, -0.1) is 0 Å². The van der Waals surface area contributed by atoms with Crippen LogP contribution in [0.2, 0.25) is 0 Å². The predicted octanol–water partition coefficient (Wildman–Crippen LogP) is 8.31. The van der Waals surface area contributed by atoms with Gasteiger partial charge in [-0.25, -0.2) is 9.59 Å². The number of hydrogen-bond donors (Lipinski definition) is 1. The van der Waals surface area contributed by atoms with Crippen LogP contribution in [0.4, 0.5) is 0 Å². The van der Waals surface area contributed by atoms with E-state index in [9.17, 15) is 14.7 Å². The molecule has 1 N–H and O–H groups in total. The molecule has 216 valence electrons. The van der Waals surface area contributed by atoms with Gasteiger partial charge in [-0.2, -0.15) is 0 Å². The topological polar surface area (TPSA) is 68.5 Å². The number of fused-ring (bicyclic) bond motifs is 1. The summed E-state index contributed by atoms with van der Waals surface area (Å²) in [6, 6.07) is 34.2. The number of esters is 1. The van der Waals surface area contributed by atoms with E-state index in [0.29, 0.717) is 18.0 Å². The van der Waals surface area contributed by atoms with Crippen molar-refractivity contribution in [2.45, 2.75) is 44.6 Å². The van der Waals surface area contributed by atoms with E-state index in [1.807, 2.05) is 30.3 Å². The van der Waals surface area contributed by atoms with Crippen LogP contribution >= 0.6 is 0 Å². The molecule has 1 aromatic heterocycles. The lowest BCUT2D eigenvalue weighted by atomic mass is 9.82. The third-order valence-electron chi connectivity index (χ3n) is 8.63. The van der Waals surface area contributed by atoms with Gasteiger partial charge in [0.15, 0.2) is 0 Å². The summed E-state index contributed by atoms with van der Waals surface area (Å²) in [4.78, 5) is 24.1. The molecule has 1 aliphatic carbocycles. The number of benzene rings is 4. The van der Waals surface area contributed by atoms with Crippen LogP contribution in [0.1, 0.15) is 73.8 Å². The number of hydrogen-bond acceptors (Lipinski definition) is 3. The minimum atomic E-state index is -0.938. The molecule has 5 aromatic rings. The minimum Gasteiger partial charge on any atom is -0.478 e. The van der Waals surface area contributed by atoms with E-state index in [-0.39, 0.29) is 11.5 Å². The van der Waals surface area contributed by atoms with Crippen LogP contribution in [-0.4, -0.2) is 28.7 Å². The molecule has 0 saturated heterocycles. The van der Waals surface area contributed by atoms with Crippen molar-refractivity contribution in [3.63, 3.8) is 0 Å². The van der Waals surface area contributed by atoms with Crippen molar-refractivity contribution in [3.8, 4) is 0 Å². The van der Waals surface area contributed by atoms with Crippen LogP contribution in [0.3, 0.4) is 0 Å². The van der Waals surface area contributed by atoms with Crippen molar-refractivity contribution < 1.29 is 19.4 Å².